The molecule has 120 valence electrons. The van der Waals surface area contributed by atoms with Crippen molar-refractivity contribution >= 4 is 21.4 Å². The standard InChI is InChI=1S/C16H14N6OS/c1-21-10-12(14(19-21)11-5-3-2-4-6-11)9-18-15-20-22-13(23)7-8-17-16(22)24-15/h2-8,10H,9H2,1H3,(H,18,20). The third-order valence-corrected chi connectivity index (χ3v) is 4.43. The normalized spacial score (nSPS) is 11.0. The Bertz CT molecular complexity index is 1050. The van der Waals surface area contributed by atoms with Crippen LogP contribution in [0.2, 0.25) is 0 Å². The van der Waals surface area contributed by atoms with Crippen LogP contribution in [0.3, 0.4) is 0 Å². The monoisotopic (exact) mass is 338 g/mol. The Kier molecular flexibility index (Phi) is 3.58. The highest BCUT2D eigenvalue weighted by Gasteiger charge is 2.11. The number of nitrogens with one attached hydrogen (secondary N) is 1. The number of anilines is 1. The fourth-order valence-corrected chi connectivity index (χ4v) is 3.26. The summed E-state index contributed by atoms with van der Waals surface area (Å²) in [5, 5.41) is 12.7. The second kappa shape index (κ2) is 5.89. The highest BCUT2D eigenvalue weighted by molar-refractivity contribution is 7.20. The molecule has 0 unspecified atom stereocenters. The van der Waals surface area contributed by atoms with Crippen LogP contribution in [0.4, 0.5) is 5.13 Å². The summed E-state index contributed by atoms with van der Waals surface area (Å²) < 4.78 is 3.10. The molecule has 3 heterocycles. The quantitative estimate of drug-likeness (QED) is 0.617. The lowest BCUT2D eigenvalue weighted by molar-refractivity contribution is 0.770. The van der Waals surface area contributed by atoms with Gasteiger partial charge in [-0.2, -0.15) is 9.61 Å². The van der Waals surface area contributed by atoms with Gasteiger partial charge in [-0.15, -0.1) is 5.10 Å². The van der Waals surface area contributed by atoms with Crippen molar-refractivity contribution in [2.45, 2.75) is 6.54 Å². The van der Waals surface area contributed by atoms with Crippen LogP contribution in [-0.2, 0) is 13.6 Å². The Morgan fingerprint density at radius 1 is 1.17 bits per heavy atom. The Morgan fingerprint density at radius 2 is 2.00 bits per heavy atom. The highest BCUT2D eigenvalue weighted by Crippen LogP contribution is 2.23. The lowest BCUT2D eigenvalue weighted by Gasteiger charge is -2.03. The molecule has 0 radical (unpaired) electrons. The molecule has 0 spiro atoms. The Balaban J connectivity index is 1.62. The van der Waals surface area contributed by atoms with Crippen molar-refractivity contribution in [1.29, 1.82) is 0 Å². The predicted molar refractivity (Wildman–Crippen MR) is 93.1 cm³/mol. The van der Waals surface area contributed by atoms with Gasteiger partial charge in [-0.3, -0.25) is 9.48 Å². The van der Waals surface area contributed by atoms with Gasteiger partial charge in [0.25, 0.3) is 5.56 Å². The maximum absolute atomic E-state index is 11.7. The zero-order valence-corrected chi connectivity index (χ0v) is 13.7. The molecule has 24 heavy (non-hydrogen) atoms. The molecule has 0 aliphatic carbocycles. The molecule has 7 nitrogen and oxygen atoms in total. The summed E-state index contributed by atoms with van der Waals surface area (Å²) in [6, 6.07) is 11.4. The SMILES string of the molecule is Cn1cc(CNc2nn3c(=O)ccnc3s2)c(-c2ccccc2)n1. The zero-order chi connectivity index (χ0) is 16.5. The number of fused-ring (bicyclic) bond motifs is 1. The molecule has 0 aliphatic heterocycles. The number of rotatable bonds is 4. The Morgan fingerprint density at radius 3 is 2.79 bits per heavy atom. The van der Waals surface area contributed by atoms with Crippen LogP contribution in [0.1, 0.15) is 5.56 Å². The first-order valence-corrected chi connectivity index (χ1v) is 8.19. The van der Waals surface area contributed by atoms with Crippen LogP contribution in [0, 0.1) is 0 Å². The lowest BCUT2D eigenvalue weighted by atomic mass is 10.1. The molecule has 3 aromatic heterocycles. The van der Waals surface area contributed by atoms with Crippen LogP contribution >= 0.6 is 11.3 Å². The van der Waals surface area contributed by atoms with Crippen molar-refractivity contribution in [2.24, 2.45) is 7.05 Å². The van der Waals surface area contributed by atoms with Gasteiger partial charge in [-0.05, 0) is 0 Å². The van der Waals surface area contributed by atoms with E-state index in [1.165, 1.54) is 28.1 Å². The smallest absolute Gasteiger partial charge is 0.275 e. The van der Waals surface area contributed by atoms with Crippen LogP contribution < -0.4 is 10.9 Å². The fraction of sp³-hybridized carbons (Fsp3) is 0.125. The van der Waals surface area contributed by atoms with E-state index in [0.717, 1.165) is 16.8 Å². The van der Waals surface area contributed by atoms with Crippen LogP contribution in [0.15, 0.2) is 53.6 Å². The molecule has 0 saturated heterocycles. The van der Waals surface area contributed by atoms with Gasteiger partial charge in [-0.1, -0.05) is 41.7 Å². The van der Waals surface area contributed by atoms with Gasteiger partial charge in [0.05, 0.1) is 5.69 Å². The molecule has 4 aromatic rings. The molecule has 0 fully saturated rings. The van der Waals surface area contributed by atoms with Gasteiger partial charge in [0.2, 0.25) is 10.1 Å². The topological polar surface area (TPSA) is 77.1 Å². The molecule has 0 amide bonds. The summed E-state index contributed by atoms with van der Waals surface area (Å²) in [5.41, 5.74) is 2.87. The van der Waals surface area contributed by atoms with E-state index in [1.54, 1.807) is 4.68 Å². The van der Waals surface area contributed by atoms with E-state index < -0.39 is 0 Å². The zero-order valence-electron chi connectivity index (χ0n) is 12.9. The first-order chi connectivity index (χ1) is 11.7. The summed E-state index contributed by atoms with van der Waals surface area (Å²) in [6.45, 7) is 0.562. The summed E-state index contributed by atoms with van der Waals surface area (Å²) in [4.78, 5) is 16.5. The summed E-state index contributed by atoms with van der Waals surface area (Å²) in [7, 11) is 1.90. The maximum Gasteiger partial charge on any atom is 0.275 e. The van der Waals surface area contributed by atoms with Crippen molar-refractivity contribution in [3.05, 3.63) is 64.7 Å². The molecule has 1 N–H and O–H groups in total. The summed E-state index contributed by atoms with van der Waals surface area (Å²) in [6.07, 6.45) is 3.47. The number of benzene rings is 1. The molecule has 0 bridgehead atoms. The van der Waals surface area contributed by atoms with Crippen molar-refractivity contribution in [3.8, 4) is 11.3 Å². The fourth-order valence-electron chi connectivity index (χ4n) is 2.49. The van der Waals surface area contributed by atoms with Crippen molar-refractivity contribution in [3.63, 3.8) is 0 Å². The first kappa shape index (κ1) is 14.6. The molecule has 4 rings (SSSR count). The Labute approximate surface area is 141 Å². The Hall–Kier alpha value is -3.00. The second-order valence-corrected chi connectivity index (χ2v) is 6.24. The number of hydrogen-bond acceptors (Lipinski definition) is 6. The van der Waals surface area contributed by atoms with E-state index in [-0.39, 0.29) is 5.56 Å². The van der Waals surface area contributed by atoms with Gasteiger partial charge < -0.3 is 5.32 Å². The molecular formula is C16H14N6OS. The average molecular weight is 338 g/mol. The third-order valence-electron chi connectivity index (χ3n) is 3.55. The van der Waals surface area contributed by atoms with Crippen LogP contribution in [-0.4, -0.2) is 24.4 Å². The molecule has 8 heteroatoms. The molecule has 1 aromatic carbocycles. The minimum absolute atomic E-state index is 0.185. The molecule has 0 atom stereocenters. The van der Waals surface area contributed by atoms with Crippen molar-refractivity contribution < 1.29 is 0 Å². The van der Waals surface area contributed by atoms with E-state index in [1.807, 2.05) is 43.6 Å². The number of hydrogen-bond donors (Lipinski definition) is 1. The maximum atomic E-state index is 11.7. The summed E-state index contributed by atoms with van der Waals surface area (Å²) >= 11 is 1.34. The largest absolute Gasteiger partial charge is 0.356 e. The van der Waals surface area contributed by atoms with Gasteiger partial charge in [0, 0.05) is 43.2 Å². The van der Waals surface area contributed by atoms with E-state index >= 15 is 0 Å². The average Bonchev–Trinajstić information content (AvgIpc) is 3.18. The van der Waals surface area contributed by atoms with Crippen molar-refractivity contribution in [1.82, 2.24) is 24.4 Å². The lowest BCUT2D eigenvalue weighted by Crippen LogP contribution is -2.12. The minimum Gasteiger partial charge on any atom is -0.356 e. The molecule has 0 saturated carbocycles. The second-order valence-electron chi connectivity index (χ2n) is 5.28. The number of aromatic nitrogens is 5. The van der Waals surface area contributed by atoms with E-state index in [0.29, 0.717) is 16.6 Å². The van der Waals surface area contributed by atoms with Crippen molar-refractivity contribution in [2.75, 3.05) is 5.32 Å². The number of aryl methyl sites for hydroxylation is 1. The predicted octanol–water partition coefficient (Wildman–Crippen LogP) is 2.16. The van der Waals surface area contributed by atoms with Crippen LogP contribution in [0.5, 0.6) is 0 Å². The van der Waals surface area contributed by atoms with E-state index in [9.17, 15) is 4.79 Å². The van der Waals surface area contributed by atoms with Crippen LogP contribution in [0.25, 0.3) is 16.2 Å². The van der Waals surface area contributed by atoms with E-state index in [2.05, 4.69) is 20.5 Å². The van der Waals surface area contributed by atoms with Gasteiger partial charge in [0.15, 0.2) is 0 Å². The molecule has 0 aliphatic rings. The van der Waals surface area contributed by atoms with Gasteiger partial charge in [-0.25, -0.2) is 4.98 Å². The first-order valence-electron chi connectivity index (χ1n) is 7.37. The van der Waals surface area contributed by atoms with Gasteiger partial charge >= 0.3 is 0 Å². The number of nitrogens with zero attached hydrogens (tertiary/aromatic N) is 5. The minimum atomic E-state index is -0.185. The van der Waals surface area contributed by atoms with E-state index in [4.69, 9.17) is 0 Å². The van der Waals surface area contributed by atoms with Gasteiger partial charge in [0.1, 0.15) is 0 Å². The summed E-state index contributed by atoms with van der Waals surface area (Å²) in [5.74, 6) is 0. The highest BCUT2D eigenvalue weighted by atomic mass is 32.1. The molecular weight excluding hydrogens is 324 g/mol. The third kappa shape index (κ3) is 2.67.